The van der Waals surface area contributed by atoms with Crippen LogP contribution < -0.4 is 5.32 Å². The van der Waals surface area contributed by atoms with E-state index in [4.69, 9.17) is 0 Å². The summed E-state index contributed by atoms with van der Waals surface area (Å²) >= 11 is 0. The smallest absolute Gasteiger partial charge is 0.325 e. The van der Waals surface area contributed by atoms with Crippen molar-refractivity contribution < 1.29 is 14.4 Å². The maximum atomic E-state index is 12.5. The Morgan fingerprint density at radius 2 is 1.71 bits per heavy atom. The standard InChI is InChI=1S/C18H23N3O3/c22-16(20-10-6-1-2-7-11-20)13-21-17(23)15(19-18(21)24)12-14-8-4-3-5-9-14/h3-5,8-9,15H,1-2,6-7,10-13H2,(H,19,24). The molecule has 1 aromatic rings. The summed E-state index contributed by atoms with van der Waals surface area (Å²) in [5, 5.41) is 2.69. The van der Waals surface area contributed by atoms with Crippen LogP contribution in [0.15, 0.2) is 30.3 Å². The second kappa shape index (κ2) is 7.47. The molecule has 1 atom stereocenters. The third-order valence-corrected chi connectivity index (χ3v) is 4.64. The number of benzene rings is 1. The first-order valence-corrected chi connectivity index (χ1v) is 8.59. The highest BCUT2D eigenvalue weighted by Gasteiger charge is 2.39. The largest absolute Gasteiger partial charge is 0.341 e. The Kier molecular flexibility index (Phi) is 5.13. The molecule has 2 fully saturated rings. The highest BCUT2D eigenvalue weighted by atomic mass is 16.2. The third kappa shape index (κ3) is 3.75. The molecule has 2 aliphatic rings. The second-order valence-electron chi connectivity index (χ2n) is 6.41. The molecule has 6 heteroatoms. The highest BCUT2D eigenvalue weighted by Crippen LogP contribution is 2.14. The molecule has 6 nitrogen and oxygen atoms in total. The van der Waals surface area contributed by atoms with E-state index in [2.05, 4.69) is 5.32 Å². The van der Waals surface area contributed by atoms with E-state index in [-0.39, 0.29) is 18.4 Å². The maximum Gasteiger partial charge on any atom is 0.325 e. The van der Waals surface area contributed by atoms with Gasteiger partial charge in [-0.15, -0.1) is 0 Å². The number of imide groups is 1. The Balaban J connectivity index is 1.60. The second-order valence-corrected chi connectivity index (χ2v) is 6.41. The lowest BCUT2D eigenvalue weighted by molar-refractivity contribution is -0.137. The fourth-order valence-electron chi connectivity index (χ4n) is 3.27. The molecule has 0 aliphatic carbocycles. The molecule has 2 aliphatic heterocycles. The van der Waals surface area contributed by atoms with Gasteiger partial charge >= 0.3 is 6.03 Å². The van der Waals surface area contributed by atoms with E-state index in [0.29, 0.717) is 6.42 Å². The molecule has 2 saturated heterocycles. The van der Waals surface area contributed by atoms with Gasteiger partial charge < -0.3 is 10.2 Å². The van der Waals surface area contributed by atoms with Gasteiger partial charge in [0, 0.05) is 19.5 Å². The minimum absolute atomic E-state index is 0.138. The fourth-order valence-corrected chi connectivity index (χ4v) is 3.27. The molecular weight excluding hydrogens is 306 g/mol. The third-order valence-electron chi connectivity index (χ3n) is 4.64. The SMILES string of the molecule is O=C(CN1C(=O)NC(Cc2ccccc2)C1=O)N1CCCCCC1. The average Bonchev–Trinajstić information content (AvgIpc) is 2.80. The molecule has 0 bridgehead atoms. The van der Waals surface area contributed by atoms with Gasteiger partial charge in [-0.1, -0.05) is 43.2 Å². The van der Waals surface area contributed by atoms with Gasteiger partial charge in [0.1, 0.15) is 12.6 Å². The lowest BCUT2D eigenvalue weighted by atomic mass is 10.1. The highest BCUT2D eigenvalue weighted by molar-refractivity contribution is 6.06. The maximum absolute atomic E-state index is 12.5. The van der Waals surface area contributed by atoms with Crippen LogP contribution in [0, 0.1) is 0 Å². The van der Waals surface area contributed by atoms with E-state index in [1.807, 2.05) is 30.3 Å². The molecule has 0 radical (unpaired) electrons. The summed E-state index contributed by atoms with van der Waals surface area (Å²) in [4.78, 5) is 39.8. The Bertz CT molecular complexity index is 609. The molecule has 1 N–H and O–H groups in total. The van der Waals surface area contributed by atoms with Crippen LogP contribution in [0.2, 0.25) is 0 Å². The van der Waals surface area contributed by atoms with Crippen molar-refractivity contribution in [3.8, 4) is 0 Å². The van der Waals surface area contributed by atoms with Crippen LogP contribution in [0.5, 0.6) is 0 Å². The van der Waals surface area contributed by atoms with Crippen LogP contribution in [-0.2, 0) is 16.0 Å². The van der Waals surface area contributed by atoms with Gasteiger partial charge in [-0.05, 0) is 18.4 Å². The summed E-state index contributed by atoms with van der Waals surface area (Å²) < 4.78 is 0. The number of likely N-dealkylation sites (tertiary alicyclic amines) is 1. The van der Waals surface area contributed by atoms with Gasteiger partial charge in [0.25, 0.3) is 5.91 Å². The summed E-state index contributed by atoms with van der Waals surface area (Å²) in [7, 11) is 0. The number of hydrogen-bond acceptors (Lipinski definition) is 3. The van der Waals surface area contributed by atoms with Crippen LogP contribution in [0.4, 0.5) is 4.79 Å². The Hall–Kier alpha value is -2.37. The van der Waals surface area contributed by atoms with Crippen molar-refractivity contribution in [3.05, 3.63) is 35.9 Å². The fraction of sp³-hybridized carbons (Fsp3) is 0.500. The summed E-state index contributed by atoms with van der Waals surface area (Å²) in [6, 6.07) is 8.50. The molecule has 128 valence electrons. The van der Waals surface area contributed by atoms with E-state index >= 15 is 0 Å². The summed E-state index contributed by atoms with van der Waals surface area (Å²) in [6.07, 6.45) is 4.68. The normalized spacial score (nSPS) is 21.6. The Morgan fingerprint density at radius 3 is 2.38 bits per heavy atom. The number of amides is 4. The van der Waals surface area contributed by atoms with Crippen LogP contribution in [-0.4, -0.2) is 53.3 Å². The van der Waals surface area contributed by atoms with Gasteiger partial charge in [0.2, 0.25) is 5.91 Å². The number of urea groups is 1. The van der Waals surface area contributed by atoms with E-state index in [1.54, 1.807) is 4.90 Å². The van der Waals surface area contributed by atoms with Crippen molar-refractivity contribution in [1.29, 1.82) is 0 Å². The quantitative estimate of drug-likeness (QED) is 0.852. The average molecular weight is 329 g/mol. The molecule has 0 saturated carbocycles. The molecule has 3 rings (SSSR count). The molecule has 1 aromatic carbocycles. The van der Waals surface area contributed by atoms with E-state index in [0.717, 1.165) is 49.2 Å². The van der Waals surface area contributed by atoms with Crippen molar-refractivity contribution in [3.63, 3.8) is 0 Å². The van der Waals surface area contributed by atoms with Crippen molar-refractivity contribution >= 4 is 17.8 Å². The summed E-state index contributed by atoms with van der Waals surface area (Å²) in [6.45, 7) is 1.28. The number of carbonyl (C=O) groups excluding carboxylic acids is 3. The predicted molar refractivity (Wildman–Crippen MR) is 89.2 cm³/mol. The number of nitrogens with zero attached hydrogens (tertiary/aromatic N) is 2. The van der Waals surface area contributed by atoms with E-state index in [1.165, 1.54) is 0 Å². The molecule has 4 amide bonds. The lowest BCUT2D eigenvalue weighted by Crippen LogP contribution is -2.43. The molecular formula is C18H23N3O3. The number of carbonyl (C=O) groups is 3. The van der Waals surface area contributed by atoms with Crippen LogP contribution in [0.3, 0.4) is 0 Å². The van der Waals surface area contributed by atoms with Crippen LogP contribution in [0.1, 0.15) is 31.2 Å². The molecule has 0 spiro atoms. The Morgan fingerprint density at radius 1 is 1.04 bits per heavy atom. The monoisotopic (exact) mass is 329 g/mol. The number of rotatable bonds is 4. The minimum Gasteiger partial charge on any atom is -0.341 e. The molecule has 1 unspecified atom stereocenters. The van der Waals surface area contributed by atoms with Gasteiger partial charge in [-0.3, -0.25) is 14.5 Å². The molecule has 2 heterocycles. The van der Waals surface area contributed by atoms with Gasteiger partial charge in [-0.2, -0.15) is 0 Å². The zero-order valence-corrected chi connectivity index (χ0v) is 13.7. The predicted octanol–water partition coefficient (Wildman–Crippen LogP) is 1.55. The first-order chi connectivity index (χ1) is 11.6. The van der Waals surface area contributed by atoms with Gasteiger partial charge in [0.05, 0.1) is 0 Å². The van der Waals surface area contributed by atoms with Crippen molar-refractivity contribution in [1.82, 2.24) is 15.1 Å². The molecule has 24 heavy (non-hydrogen) atoms. The van der Waals surface area contributed by atoms with Crippen molar-refractivity contribution in [2.75, 3.05) is 19.6 Å². The lowest BCUT2D eigenvalue weighted by Gasteiger charge is -2.22. The van der Waals surface area contributed by atoms with E-state index < -0.39 is 12.1 Å². The zero-order valence-electron chi connectivity index (χ0n) is 13.7. The first kappa shape index (κ1) is 16.5. The van der Waals surface area contributed by atoms with Gasteiger partial charge in [0.15, 0.2) is 0 Å². The topological polar surface area (TPSA) is 69.7 Å². The summed E-state index contributed by atoms with van der Waals surface area (Å²) in [5.41, 5.74) is 0.983. The Labute approximate surface area is 141 Å². The number of hydrogen-bond donors (Lipinski definition) is 1. The van der Waals surface area contributed by atoms with Crippen molar-refractivity contribution in [2.24, 2.45) is 0 Å². The molecule has 0 aromatic heterocycles. The van der Waals surface area contributed by atoms with Crippen molar-refractivity contribution in [2.45, 2.75) is 38.1 Å². The minimum atomic E-state index is -0.586. The van der Waals surface area contributed by atoms with E-state index in [9.17, 15) is 14.4 Å². The summed E-state index contributed by atoms with van der Waals surface area (Å²) in [5.74, 6) is -0.451. The van der Waals surface area contributed by atoms with Gasteiger partial charge in [-0.25, -0.2) is 4.79 Å². The first-order valence-electron chi connectivity index (χ1n) is 8.59. The zero-order chi connectivity index (χ0) is 16.9. The van der Waals surface area contributed by atoms with Crippen LogP contribution in [0.25, 0.3) is 0 Å². The van der Waals surface area contributed by atoms with Crippen LogP contribution >= 0.6 is 0 Å². The number of nitrogens with one attached hydrogen (secondary N) is 1.